The molecule has 4 heteroatoms. The summed E-state index contributed by atoms with van der Waals surface area (Å²) >= 11 is 6.47. The van der Waals surface area contributed by atoms with Gasteiger partial charge in [-0.05, 0) is 74.4 Å². The van der Waals surface area contributed by atoms with E-state index in [1.54, 1.807) is 0 Å². The Kier molecular flexibility index (Phi) is 5.64. The summed E-state index contributed by atoms with van der Waals surface area (Å²) < 4.78 is 0. The maximum absolute atomic E-state index is 6.47. The fourth-order valence-electron chi connectivity index (χ4n) is 3.19. The first-order valence-corrected chi connectivity index (χ1v) is 9.38. The Hall–Kier alpha value is -2.00. The first kappa shape index (κ1) is 17.8. The summed E-state index contributed by atoms with van der Waals surface area (Å²) in [6.07, 6.45) is 6.71. The maximum Gasteiger partial charge on any atom is 0.0910 e. The summed E-state index contributed by atoms with van der Waals surface area (Å²) in [4.78, 5) is 6.52. The van der Waals surface area contributed by atoms with Crippen molar-refractivity contribution in [2.24, 2.45) is 4.99 Å². The second kappa shape index (κ2) is 7.92. The molecule has 0 aromatic heterocycles. The third kappa shape index (κ3) is 4.16. The molecule has 0 radical (unpaired) electrons. The molecular weight excluding hydrogens is 330 g/mol. The Labute approximate surface area is 155 Å². The second-order valence-corrected chi connectivity index (χ2v) is 7.12. The Bertz CT molecular complexity index is 783. The van der Waals surface area contributed by atoms with Gasteiger partial charge in [-0.15, -0.1) is 0 Å². The fraction of sp³-hybridized carbons (Fsp3) is 0.381. The highest BCUT2D eigenvalue weighted by atomic mass is 35.5. The number of rotatable bonds is 5. The molecule has 2 aromatic carbocycles. The molecule has 0 saturated heterocycles. The minimum atomic E-state index is 0.665. The van der Waals surface area contributed by atoms with E-state index in [1.807, 2.05) is 30.4 Å². The lowest BCUT2D eigenvalue weighted by Gasteiger charge is -2.21. The molecule has 0 heterocycles. The minimum absolute atomic E-state index is 0.665. The summed E-state index contributed by atoms with van der Waals surface area (Å²) in [5.74, 6) is 0. The monoisotopic (exact) mass is 355 g/mol. The molecule has 3 nitrogen and oxygen atoms in total. The van der Waals surface area contributed by atoms with Crippen molar-refractivity contribution in [2.75, 3.05) is 18.9 Å². The van der Waals surface area contributed by atoms with Crippen molar-refractivity contribution in [1.29, 1.82) is 0 Å². The van der Waals surface area contributed by atoms with Crippen molar-refractivity contribution in [2.45, 2.75) is 39.5 Å². The van der Waals surface area contributed by atoms with Crippen LogP contribution in [0.1, 0.15) is 36.5 Å². The van der Waals surface area contributed by atoms with Crippen LogP contribution in [0.25, 0.3) is 0 Å². The molecule has 1 N–H and O–H groups in total. The van der Waals surface area contributed by atoms with Gasteiger partial charge >= 0.3 is 0 Å². The van der Waals surface area contributed by atoms with Crippen LogP contribution in [0.5, 0.6) is 0 Å². The Morgan fingerprint density at radius 2 is 2.00 bits per heavy atom. The molecular formula is C21H26ClN3. The largest absolute Gasteiger partial charge is 0.366 e. The highest BCUT2D eigenvalue weighted by Gasteiger charge is 2.14. The van der Waals surface area contributed by atoms with Crippen molar-refractivity contribution >= 4 is 35.0 Å². The normalized spacial score (nSPS) is 13.8. The standard InChI is InChI=1S/C21H26ClN3/c1-4-25(3)14-23-21-12-15(2)20(13-18(21)22)24-19-11-7-9-16-8-5-6-10-17(16)19/h7,9,11-14,24H,4-6,8,10H2,1-3H3/b23-14-. The van der Waals surface area contributed by atoms with E-state index in [9.17, 15) is 0 Å². The Balaban J connectivity index is 1.87. The van der Waals surface area contributed by atoms with E-state index < -0.39 is 0 Å². The molecule has 3 rings (SSSR count). The number of aryl methyl sites for hydroxylation is 2. The number of nitrogens with one attached hydrogen (secondary N) is 1. The number of aliphatic imine (C=N–C) groups is 1. The molecule has 0 bridgehead atoms. The predicted molar refractivity (Wildman–Crippen MR) is 109 cm³/mol. The molecule has 132 valence electrons. The van der Waals surface area contributed by atoms with Gasteiger partial charge in [0.05, 0.1) is 17.0 Å². The van der Waals surface area contributed by atoms with E-state index >= 15 is 0 Å². The molecule has 2 aromatic rings. The summed E-state index contributed by atoms with van der Waals surface area (Å²) in [6.45, 7) is 5.10. The third-order valence-electron chi connectivity index (χ3n) is 4.85. The molecule has 0 atom stereocenters. The second-order valence-electron chi connectivity index (χ2n) is 6.71. The van der Waals surface area contributed by atoms with E-state index in [2.05, 4.69) is 42.4 Å². The van der Waals surface area contributed by atoms with Crippen LogP contribution in [0.15, 0.2) is 35.3 Å². The molecule has 0 spiro atoms. The summed E-state index contributed by atoms with van der Waals surface area (Å²) in [6, 6.07) is 10.6. The van der Waals surface area contributed by atoms with Crippen LogP contribution in [-0.4, -0.2) is 24.8 Å². The first-order chi connectivity index (χ1) is 12.1. The molecule has 0 fully saturated rings. The third-order valence-corrected chi connectivity index (χ3v) is 5.15. The van der Waals surface area contributed by atoms with Gasteiger partial charge in [-0.25, -0.2) is 4.99 Å². The molecule has 1 aliphatic rings. The number of benzene rings is 2. The lowest BCUT2D eigenvalue weighted by molar-refractivity contribution is 0.552. The van der Waals surface area contributed by atoms with Gasteiger partial charge in [0.1, 0.15) is 0 Å². The maximum atomic E-state index is 6.47. The van der Waals surface area contributed by atoms with Gasteiger partial charge < -0.3 is 10.2 Å². The van der Waals surface area contributed by atoms with E-state index in [0.29, 0.717) is 5.02 Å². The summed E-state index contributed by atoms with van der Waals surface area (Å²) in [7, 11) is 2.00. The highest BCUT2D eigenvalue weighted by Crippen LogP contribution is 2.35. The number of hydrogen-bond donors (Lipinski definition) is 1. The van der Waals surface area contributed by atoms with Crippen molar-refractivity contribution in [3.8, 4) is 0 Å². The van der Waals surface area contributed by atoms with Crippen LogP contribution in [0.2, 0.25) is 5.02 Å². The van der Waals surface area contributed by atoms with Crippen molar-refractivity contribution < 1.29 is 0 Å². The van der Waals surface area contributed by atoms with Crippen LogP contribution in [0.4, 0.5) is 17.1 Å². The van der Waals surface area contributed by atoms with Gasteiger partial charge in [0.25, 0.3) is 0 Å². The van der Waals surface area contributed by atoms with Crippen molar-refractivity contribution in [1.82, 2.24) is 4.90 Å². The number of nitrogens with zero attached hydrogens (tertiary/aromatic N) is 2. The van der Waals surface area contributed by atoms with Crippen LogP contribution >= 0.6 is 11.6 Å². The SMILES string of the molecule is CCN(C)/C=N\c1cc(C)c(Nc2cccc3c2CCCC3)cc1Cl. The number of fused-ring (bicyclic) bond motifs is 1. The summed E-state index contributed by atoms with van der Waals surface area (Å²) in [5, 5.41) is 4.26. The van der Waals surface area contributed by atoms with Crippen molar-refractivity contribution in [3.63, 3.8) is 0 Å². The molecule has 1 aliphatic carbocycles. The quantitative estimate of drug-likeness (QED) is 0.535. The van der Waals surface area contributed by atoms with E-state index in [0.717, 1.165) is 29.9 Å². The topological polar surface area (TPSA) is 27.6 Å². The smallest absolute Gasteiger partial charge is 0.0910 e. The van der Waals surface area contributed by atoms with Gasteiger partial charge in [-0.3, -0.25) is 0 Å². The molecule has 0 unspecified atom stereocenters. The zero-order chi connectivity index (χ0) is 17.8. The Morgan fingerprint density at radius 3 is 2.80 bits per heavy atom. The average molecular weight is 356 g/mol. The average Bonchev–Trinajstić information content (AvgIpc) is 2.63. The van der Waals surface area contributed by atoms with Crippen LogP contribution < -0.4 is 5.32 Å². The van der Waals surface area contributed by atoms with Gasteiger partial charge in [-0.2, -0.15) is 0 Å². The number of halogens is 1. The zero-order valence-corrected chi connectivity index (χ0v) is 16.0. The van der Waals surface area contributed by atoms with Crippen LogP contribution in [-0.2, 0) is 12.8 Å². The number of anilines is 2. The molecule has 0 aliphatic heterocycles. The zero-order valence-electron chi connectivity index (χ0n) is 15.3. The summed E-state index contributed by atoms with van der Waals surface area (Å²) in [5.41, 5.74) is 7.13. The molecule has 25 heavy (non-hydrogen) atoms. The first-order valence-electron chi connectivity index (χ1n) is 9.01. The van der Waals surface area contributed by atoms with Gasteiger partial charge in [-0.1, -0.05) is 23.7 Å². The Morgan fingerprint density at radius 1 is 1.20 bits per heavy atom. The minimum Gasteiger partial charge on any atom is -0.366 e. The van der Waals surface area contributed by atoms with Gasteiger partial charge in [0, 0.05) is 25.0 Å². The van der Waals surface area contributed by atoms with E-state index in [4.69, 9.17) is 11.6 Å². The van der Waals surface area contributed by atoms with E-state index in [1.165, 1.54) is 36.1 Å². The highest BCUT2D eigenvalue weighted by molar-refractivity contribution is 6.33. The van der Waals surface area contributed by atoms with Gasteiger partial charge in [0.2, 0.25) is 0 Å². The number of hydrogen-bond acceptors (Lipinski definition) is 2. The predicted octanol–water partition coefficient (Wildman–Crippen LogP) is 5.88. The van der Waals surface area contributed by atoms with Crippen molar-refractivity contribution in [3.05, 3.63) is 52.0 Å². The van der Waals surface area contributed by atoms with Crippen LogP contribution in [0, 0.1) is 6.92 Å². The fourth-order valence-corrected chi connectivity index (χ4v) is 3.40. The lowest BCUT2D eigenvalue weighted by Crippen LogP contribution is -2.14. The van der Waals surface area contributed by atoms with E-state index in [-0.39, 0.29) is 0 Å². The molecule has 0 saturated carbocycles. The molecule has 0 amide bonds. The van der Waals surface area contributed by atoms with Crippen LogP contribution in [0.3, 0.4) is 0 Å². The lowest BCUT2D eigenvalue weighted by atomic mass is 9.90. The van der Waals surface area contributed by atoms with Gasteiger partial charge in [0.15, 0.2) is 0 Å².